The van der Waals surface area contributed by atoms with Crippen molar-refractivity contribution in [2.24, 2.45) is 5.14 Å². The van der Waals surface area contributed by atoms with E-state index in [1.165, 1.54) is 19.3 Å². The average molecular weight is 554 g/mol. The number of hydrogen-bond acceptors (Lipinski definition) is 6. The fraction of sp³-hybridized carbons (Fsp3) is 0.290. The standard InChI is InChI=1S/C31H31N5O3S/c32-40(37)29-13-12-26(25-6-2-3-7-27(25)29)28-17-34-36-18-23(16-33-30(28)36)22-8-10-24(11-9-22)39-31(20-38-21-31)19-35-14-4-1-5-15-35/h2-3,6-13,16-18H,1,4-5,14-15,19-21,32H2. The Labute approximate surface area is 235 Å². The molecular weight excluding hydrogens is 522 g/mol. The van der Waals surface area contributed by atoms with Crippen molar-refractivity contribution in [3.63, 3.8) is 0 Å². The van der Waals surface area contributed by atoms with Gasteiger partial charge in [0.05, 0.1) is 24.3 Å². The van der Waals surface area contributed by atoms with Gasteiger partial charge in [-0.05, 0) is 66.0 Å². The highest BCUT2D eigenvalue weighted by Gasteiger charge is 2.42. The van der Waals surface area contributed by atoms with Gasteiger partial charge in [0.2, 0.25) is 0 Å². The molecule has 2 aliphatic rings. The maximum atomic E-state index is 12.1. The van der Waals surface area contributed by atoms with Gasteiger partial charge >= 0.3 is 0 Å². The fourth-order valence-corrected chi connectivity index (χ4v) is 6.50. The van der Waals surface area contributed by atoms with Crippen LogP contribution in [0, 0.1) is 0 Å². The summed E-state index contributed by atoms with van der Waals surface area (Å²) in [6, 6.07) is 19.8. The Morgan fingerprint density at radius 1 is 0.900 bits per heavy atom. The number of nitrogens with two attached hydrogens (primary N) is 1. The highest BCUT2D eigenvalue weighted by Crippen LogP contribution is 2.34. The third kappa shape index (κ3) is 4.69. The van der Waals surface area contributed by atoms with Crippen LogP contribution in [0.25, 0.3) is 38.7 Å². The summed E-state index contributed by atoms with van der Waals surface area (Å²) in [7, 11) is -1.57. The maximum Gasteiger partial charge on any atom is 0.168 e. The Morgan fingerprint density at radius 3 is 2.40 bits per heavy atom. The third-order valence-electron chi connectivity index (χ3n) is 7.96. The summed E-state index contributed by atoms with van der Waals surface area (Å²) in [4.78, 5) is 7.91. The Hall–Kier alpha value is -3.63. The minimum absolute atomic E-state index is 0.258. The second-order valence-corrected chi connectivity index (χ2v) is 11.8. The fourth-order valence-electron chi connectivity index (χ4n) is 5.90. The van der Waals surface area contributed by atoms with Crippen molar-refractivity contribution in [2.45, 2.75) is 29.8 Å². The van der Waals surface area contributed by atoms with Crippen molar-refractivity contribution < 1.29 is 13.7 Å². The number of ether oxygens (including phenoxy) is 2. The molecule has 4 heterocycles. The number of benzene rings is 3. The second kappa shape index (κ2) is 10.4. The first-order valence-corrected chi connectivity index (χ1v) is 14.9. The molecule has 2 aliphatic heterocycles. The molecule has 8 nitrogen and oxygen atoms in total. The van der Waals surface area contributed by atoms with E-state index in [1.807, 2.05) is 67.1 Å². The smallest absolute Gasteiger partial charge is 0.168 e. The van der Waals surface area contributed by atoms with E-state index in [4.69, 9.17) is 19.6 Å². The van der Waals surface area contributed by atoms with E-state index in [-0.39, 0.29) is 5.60 Å². The summed E-state index contributed by atoms with van der Waals surface area (Å²) in [5.74, 6) is 0.855. The number of hydrogen-bond donors (Lipinski definition) is 1. The molecular formula is C31H31N5O3S. The molecule has 0 aliphatic carbocycles. The quantitative estimate of drug-likeness (QED) is 0.310. The molecule has 0 radical (unpaired) electrons. The zero-order chi connectivity index (χ0) is 27.1. The first-order valence-electron chi connectivity index (χ1n) is 13.7. The van der Waals surface area contributed by atoms with Crippen LogP contribution in [0.2, 0.25) is 0 Å². The van der Waals surface area contributed by atoms with Gasteiger partial charge in [0.25, 0.3) is 0 Å². The Bertz CT molecular complexity index is 1710. The van der Waals surface area contributed by atoms with Crippen LogP contribution in [0.3, 0.4) is 0 Å². The normalized spacial score (nSPS) is 18.0. The lowest BCUT2D eigenvalue weighted by Crippen LogP contribution is -2.61. The number of fused-ring (bicyclic) bond motifs is 2. The molecule has 2 saturated heterocycles. The van der Waals surface area contributed by atoms with Crippen molar-refractivity contribution in [1.82, 2.24) is 19.5 Å². The van der Waals surface area contributed by atoms with E-state index < -0.39 is 11.0 Å². The molecule has 0 amide bonds. The Morgan fingerprint density at radius 2 is 1.68 bits per heavy atom. The summed E-state index contributed by atoms with van der Waals surface area (Å²) in [5.41, 5.74) is 4.37. The monoisotopic (exact) mass is 553 g/mol. The highest BCUT2D eigenvalue weighted by molar-refractivity contribution is 7.83. The molecule has 0 saturated carbocycles. The van der Waals surface area contributed by atoms with Crippen LogP contribution in [0.1, 0.15) is 19.3 Å². The summed E-state index contributed by atoms with van der Waals surface area (Å²) in [6.45, 7) is 4.47. The third-order valence-corrected chi connectivity index (χ3v) is 8.75. The molecule has 2 aromatic heterocycles. The van der Waals surface area contributed by atoms with E-state index in [0.717, 1.165) is 64.1 Å². The van der Waals surface area contributed by atoms with Gasteiger partial charge in [0.15, 0.2) is 11.2 Å². The summed E-state index contributed by atoms with van der Waals surface area (Å²) < 4.78 is 25.9. The SMILES string of the molecule is NS(=O)c1ccc(-c2cnn3cc(-c4ccc(OC5(CN6CCCCC6)COC5)cc4)cnc23)c2ccccc12. The molecule has 204 valence electrons. The summed E-state index contributed by atoms with van der Waals surface area (Å²) in [5, 5.41) is 12.2. The van der Waals surface area contributed by atoms with Crippen molar-refractivity contribution in [3.05, 3.63) is 79.3 Å². The number of aromatic nitrogens is 3. The van der Waals surface area contributed by atoms with Gasteiger partial charge in [0, 0.05) is 30.1 Å². The number of nitrogens with zero attached hydrogens (tertiary/aromatic N) is 4. The zero-order valence-electron chi connectivity index (χ0n) is 22.2. The van der Waals surface area contributed by atoms with Gasteiger partial charge in [-0.2, -0.15) is 5.10 Å². The lowest BCUT2D eigenvalue weighted by Gasteiger charge is -2.45. The van der Waals surface area contributed by atoms with Crippen LogP contribution in [0.4, 0.5) is 0 Å². The van der Waals surface area contributed by atoms with Gasteiger partial charge in [-0.25, -0.2) is 18.8 Å². The van der Waals surface area contributed by atoms with Crippen molar-refractivity contribution in [3.8, 4) is 28.0 Å². The lowest BCUT2D eigenvalue weighted by molar-refractivity contribution is -0.172. The van der Waals surface area contributed by atoms with Crippen LogP contribution >= 0.6 is 0 Å². The zero-order valence-corrected chi connectivity index (χ0v) is 23.0. The lowest BCUT2D eigenvalue weighted by atomic mass is 9.99. The minimum atomic E-state index is -1.57. The van der Waals surface area contributed by atoms with Gasteiger partial charge in [-0.3, -0.25) is 4.90 Å². The average Bonchev–Trinajstić information content (AvgIpc) is 3.39. The van der Waals surface area contributed by atoms with Crippen LogP contribution < -0.4 is 9.88 Å². The van der Waals surface area contributed by atoms with E-state index in [1.54, 1.807) is 4.52 Å². The first-order chi connectivity index (χ1) is 19.6. The summed E-state index contributed by atoms with van der Waals surface area (Å²) >= 11 is 0. The van der Waals surface area contributed by atoms with Gasteiger partial charge < -0.3 is 9.47 Å². The summed E-state index contributed by atoms with van der Waals surface area (Å²) in [6.07, 6.45) is 9.55. The molecule has 0 spiro atoms. The second-order valence-electron chi connectivity index (χ2n) is 10.8. The Kier molecular flexibility index (Phi) is 6.59. The number of piperidine rings is 1. The van der Waals surface area contributed by atoms with Gasteiger partial charge in [-0.1, -0.05) is 48.9 Å². The number of likely N-dealkylation sites (tertiary alicyclic amines) is 1. The number of rotatable bonds is 7. The van der Waals surface area contributed by atoms with Crippen LogP contribution in [0.5, 0.6) is 5.75 Å². The topological polar surface area (TPSA) is 95.0 Å². The van der Waals surface area contributed by atoms with Crippen LogP contribution in [-0.4, -0.2) is 62.2 Å². The molecule has 1 atom stereocenters. The molecule has 3 aromatic carbocycles. The Balaban J connectivity index is 1.14. The van der Waals surface area contributed by atoms with E-state index in [0.29, 0.717) is 18.1 Å². The highest BCUT2D eigenvalue weighted by atomic mass is 32.2. The maximum absolute atomic E-state index is 12.1. The van der Waals surface area contributed by atoms with Crippen molar-refractivity contribution in [2.75, 3.05) is 32.8 Å². The van der Waals surface area contributed by atoms with E-state index in [2.05, 4.69) is 22.1 Å². The molecule has 2 fully saturated rings. The van der Waals surface area contributed by atoms with Gasteiger partial charge in [-0.15, -0.1) is 0 Å². The minimum Gasteiger partial charge on any atom is -0.481 e. The van der Waals surface area contributed by atoms with Crippen LogP contribution in [0.15, 0.2) is 84.1 Å². The van der Waals surface area contributed by atoms with Gasteiger partial charge in [0.1, 0.15) is 16.7 Å². The predicted octanol–water partition coefficient (Wildman–Crippen LogP) is 4.83. The molecule has 1 unspecified atom stereocenters. The molecule has 40 heavy (non-hydrogen) atoms. The van der Waals surface area contributed by atoms with E-state index >= 15 is 0 Å². The van der Waals surface area contributed by atoms with E-state index in [9.17, 15) is 4.21 Å². The first kappa shape index (κ1) is 25.3. The van der Waals surface area contributed by atoms with Crippen molar-refractivity contribution >= 4 is 27.4 Å². The molecule has 2 N–H and O–H groups in total. The van der Waals surface area contributed by atoms with Crippen LogP contribution in [-0.2, 0) is 15.7 Å². The largest absolute Gasteiger partial charge is 0.481 e. The predicted molar refractivity (Wildman–Crippen MR) is 156 cm³/mol. The molecule has 7 rings (SSSR count). The van der Waals surface area contributed by atoms with Crippen molar-refractivity contribution in [1.29, 1.82) is 0 Å². The molecule has 9 heteroatoms. The molecule has 5 aromatic rings. The molecule has 0 bridgehead atoms.